The van der Waals surface area contributed by atoms with Crippen LogP contribution >= 0.6 is 11.8 Å². The number of nitrogens with two attached hydrogens (primary N) is 1. The number of ether oxygens (including phenoxy) is 2. The molecule has 2 N–H and O–H groups in total. The van der Waals surface area contributed by atoms with Gasteiger partial charge < -0.3 is 9.47 Å². The van der Waals surface area contributed by atoms with E-state index in [1.165, 1.54) is 31.2 Å². The van der Waals surface area contributed by atoms with Crippen molar-refractivity contribution >= 4 is 51.5 Å². The number of β-lactam (4-membered cyclic amide) rings is 1. The maximum absolute atomic E-state index is 14.0. The Bertz CT molecular complexity index is 1780. The second kappa shape index (κ2) is 12.6. The number of primary sulfonamides is 1. The largest absolute Gasteiger partial charge is 0.461 e. The van der Waals surface area contributed by atoms with Crippen LogP contribution in [0.1, 0.15) is 29.7 Å². The number of non-ortho nitro benzene ring substituents is 1. The third kappa shape index (κ3) is 6.09. The monoisotopic (exact) mass is 650 g/mol. The fourth-order valence-electron chi connectivity index (χ4n) is 4.91. The summed E-state index contributed by atoms with van der Waals surface area (Å²) in [5.74, 6) is -2.70. The summed E-state index contributed by atoms with van der Waals surface area (Å²) in [5.41, 5.74) is 1.32. The Kier molecular flexibility index (Phi) is 8.86. The van der Waals surface area contributed by atoms with E-state index in [1.54, 1.807) is 60.7 Å². The molecule has 0 aliphatic carbocycles. The summed E-state index contributed by atoms with van der Waals surface area (Å²) in [6, 6.07) is 22.9. The second-order valence-corrected chi connectivity index (χ2v) is 12.8. The summed E-state index contributed by atoms with van der Waals surface area (Å²) in [4.78, 5) is 52.4. The number of nitro groups is 1. The van der Waals surface area contributed by atoms with E-state index in [-0.39, 0.29) is 34.9 Å². The number of hydrogen-bond acceptors (Lipinski definition) is 11. The average Bonchev–Trinajstić information content (AvgIpc) is 3.02. The zero-order chi connectivity index (χ0) is 32.4. The van der Waals surface area contributed by atoms with Crippen molar-refractivity contribution in [1.29, 1.82) is 0 Å². The Balaban J connectivity index is 1.53. The molecule has 3 aromatic rings. The number of carbonyl (C=O) groups excluding carboxylic acids is 3. The zero-order valence-electron chi connectivity index (χ0n) is 23.6. The predicted octanol–water partition coefficient (Wildman–Crippen LogP) is 3.06. The number of thioether (sulfide) groups is 1. The van der Waals surface area contributed by atoms with Gasteiger partial charge in [-0.05, 0) is 28.8 Å². The molecule has 2 aliphatic heterocycles. The van der Waals surface area contributed by atoms with E-state index in [1.807, 2.05) is 0 Å². The molecule has 0 aromatic heterocycles. The molecule has 13 nitrogen and oxygen atoms in total. The molecule has 0 saturated carbocycles. The van der Waals surface area contributed by atoms with Gasteiger partial charge in [0, 0.05) is 36.6 Å². The maximum Gasteiger partial charge on any atom is 0.356 e. The number of nitrogens with zero attached hydrogens (tertiary/aromatic N) is 3. The molecule has 0 radical (unpaired) electrons. The van der Waals surface area contributed by atoms with Crippen LogP contribution in [-0.4, -0.2) is 64.9 Å². The Morgan fingerprint density at radius 3 is 2.18 bits per heavy atom. The van der Waals surface area contributed by atoms with Crippen molar-refractivity contribution in [3.8, 4) is 0 Å². The van der Waals surface area contributed by atoms with Gasteiger partial charge >= 0.3 is 11.9 Å². The molecule has 2 atom stereocenters. The molecule has 0 bridgehead atoms. The van der Waals surface area contributed by atoms with Crippen molar-refractivity contribution in [2.24, 2.45) is 10.1 Å². The lowest BCUT2D eigenvalue weighted by molar-refractivity contribution is -0.384. The summed E-state index contributed by atoms with van der Waals surface area (Å²) in [5, 5.41) is 15.3. The Labute approximate surface area is 261 Å². The molecular weight excluding hydrogens is 624 g/mol. The fourth-order valence-corrected chi connectivity index (χ4v) is 7.77. The van der Waals surface area contributed by atoms with Crippen LogP contribution in [0.15, 0.2) is 101 Å². The van der Waals surface area contributed by atoms with Crippen LogP contribution < -0.4 is 5.14 Å². The maximum atomic E-state index is 14.0. The fraction of sp³-hybridized carbons (Fsp3) is 0.200. The van der Waals surface area contributed by atoms with Crippen LogP contribution in [0, 0.1) is 10.1 Å². The molecule has 1 saturated heterocycles. The first-order chi connectivity index (χ1) is 21.4. The molecule has 2 heterocycles. The minimum Gasteiger partial charge on any atom is -0.461 e. The smallest absolute Gasteiger partial charge is 0.356 e. The molecule has 232 valence electrons. The molecule has 1 fully saturated rings. The first-order valence-corrected chi connectivity index (χ1v) is 16.0. The van der Waals surface area contributed by atoms with Crippen molar-refractivity contribution in [3.63, 3.8) is 0 Å². The number of rotatable bonds is 10. The first kappa shape index (κ1) is 31.6. The van der Waals surface area contributed by atoms with Crippen molar-refractivity contribution in [2.75, 3.05) is 12.4 Å². The normalized spacial score (nSPS) is 19.7. The number of amides is 1. The minimum atomic E-state index is -4.72. The van der Waals surface area contributed by atoms with Gasteiger partial charge in [0.2, 0.25) is 10.0 Å². The third-order valence-corrected chi connectivity index (χ3v) is 10.0. The topological polar surface area (TPSA) is 189 Å². The number of sulfonamides is 1. The highest BCUT2D eigenvalue weighted by Gasteiger charge is 2.71. The van der Waals surface area contributed by atoms with Gasteiger partial charge in [-0.3, -0.25) is 29.6 Å². The van der Waals surface area contributed by atoms with Crippen LogP contribution in [0.4, 0.5) is 5.69 Å². The van der Waals surface area contributed by atoms with Crippen LogP contribution in [-0.2, 0) is 33.9 Å². The number of aliphatic imine (C=N–C) groups is 1. The van der Waals surface area contributed by atoms with Gasteiger partial charge in [-0.2, -0.15) is 0 Å². The molecule has 45 heavy (non-hydrogen) atoms. The molecule has 5 rings (SSSR count). The van der Waals surface area contributed by atoms with E-state index in [4.69, 9.17) is 14.6 Å². The van der Waals surface area contributed by atoms with E-state index in [0.29, 0.717) is 11.1 Å². The molecule has 0 unspecified atom stereocenters. The second-order valence-electron chi connectivity index (χ2n) is 10.0. The Morgan fingerprint density at radius 2 is 1.67 bits per heavy atom. The number of nitro benzene ring substituents is 1. The molecule has 2 aliphatic rings. The van der Waals surface area contributed by atoms with Crippen LogP contribution in [0.2, 0.25) is 0 Å². The highest BCUT2D eigenvalue weighted by Crippen LogP contribution is 2.50. The van der Waals surface area contributed by atoms with E-state index in [2.05, 4.69) is 4.99 Å². The summed E-state index contributed by atoms with van der Waals surface area (Å²) in [7, 11) is -4.72. The van der Waals surface area contributed by atoms with Crippen molar-refractivity contribution in [2.45, 2.75) is 23.3 Å². The SMILES string of the molecule is CC(=O)OCC1=C(C(=O)OC(c2ccccc2)c2ccccc2)N2C(=O)[C@@](N=Cc3ccc([N+](=O)[O-])cc3)(S(N)(=O)=O)[C@H]2SC1. The average molecular weight is 651 g/mol. The van der Waals surface area contributed by atoms with Gasteiger partial charge in [-0.15, -0.1) is 11.8 Å². The standard InChI is InChI=1S/C30H26N4O9S2/c1-19(35)42-17-23-18-44-29-30(45(31,40)41,32-16-20-12-14-24(15-13-20)34(38)39)28(37)33(29)25(23)27(36)43-26(21-8-4-2-5-9-21)22-10-6-3-7-11-22/h2-16,26,29H,17-18H2,1H3,(H2,31,40,41)/t29-,30-/m1/s1. The van der Waals surface area contributed by atoms with Gasteiger partial charge in [0.15, 0.2) is 6.10 Å². The Morgan fingerprint density at radius 1 is 1.09 bits per heavy atom. The minimum absolute atomic E-state index is 0.0160. The predicted molar refractivity (Wildman–Crippen MR) is 164 cm³/mol. The number of hydrogen-bond donors (Lipinski definition) is 1. The lowest BCUT2D eigenvalue weighted by Crippen LogP contribution is -2.77. The molecule has 15 heteroatoms. The van der Waals surface area contributed by atoms with Gasteiger partial charge in [-0.25, -0.2) is 18.4 Å². The van der Waals surface area contributed by atoms with Gasteiger partial charge in [0.25, 0.3) is 16.5 Å². The van der Waals surface area contributed by atoms with Crippen LogP contribution in [0.25, 0.3) is 0 Å². The van der Waals surface area contributed by atoms with Crippen molar-refractivity contribution in [1.82, 2.24) is 4.90 Å². The quantitative estimate of drug-likeness (QED) is 0.112. The molecule has 0 spiro atoms. The first-order valence-electron chi connectivity index (χ1n) is 13.4. The highest BCUT2D eigenvalue weighted by atomic mass is 32.2. The van der Waals surface area contributed by atoms with Crippen molar-refractivity contribution in [3.05, 3.63) is 123 Å². The van der Waals surface area contributed by atoms with E-state index >= 15 is 0 Å². The van der Waals surface area contributed by atoms with Crippen LogP contribution in [0.3, 0.4) is 0 Å². The van der Waals surface area contributed by atoms with E-state index in [9.17, 15) is 32.9 Å². The zero-order valence-corrected chi connectivity index (χ0v) is 25.3. The number of esters is 2. The summed E-state index contributed by atoms with van der Waals surface area (Å²) in [6.45, 7) is 0.838. The lowest BCUT2D eigenvalue weighted by atomic mass is 10.0. The third-order valence-electron chi connectivity index (χ3n) is 7.10. The van der Waals surface area contributed by atoms with Gasteiger partial charge in [0.05, 0.1) is 4.92 Å². The Hall–Kier alpha value is -4.86. The van der Waals surface area contributed by atoms with Crippen molar-refractivity contribution < 1.29 is 37.2 Å². The molecule has 1 amide bonds. The van der Waals surface area contributed by atoms with E-state index < -0.39 is 49.1 Å². The summed E-state index contributed by atoms with van der Waals surface area (Å²) >= 11 is 0.971. The van der Waals surface area contributed by atoms with E-state index in [0.717, 1.165) is 22.9 Å². The number of carbonyl (C=O) groups is 3. The number of benzene rings is 3. The molecular formula is C30H26N4O9S2. The van der Waals surface area contributed by atoms with Crippen LogP contribution in [0.5, 0.6) is 0 Å². The summed E-state index contributed by atoms with van der Waals surface area (Å²) in [6.07, 6.45) is 0.191. The highest BCUT2D eigenvalue weighted by molar-refractivity contribution is 8.02. The number of fused-ring (bicyclic) bond motifs is 1. The lowest BCUT2D eigenvalue weighted by Gasteiger charge is -2.53. The van der Waals surface area contributed by atoms with Gasteiger partial charge in [-0.1, -0.05) is 60.7 Å². The molecule has 3 aromatic carbocycles. The van der Waals surface area contributed by atoms with Gasteiger partial charge in [0.1, 0.15) is 17.7 Å². The summed E-state index contributed by atoms with van der Waals surface area (Å²) < 4.78 is 37.1.